The first-order chi connectivity index (χ1) is 12.2. The van der Waals surface area contributed by atoms with E-state index < -0.39 is 0 Å². The molecule has 1 aromatic carbocycles. The molecule has 132 valence electrons. The summed E-state index contributed by atoms with van der Waals surface area (Å²) in [4.78, 5) is 6.40. The number of benzene rings is 1. The minimum absolute atomic E-state index is 0.0981. The van der Waals surface area contributed by atoms with Gasteiger partial charge in [0.15, 0.2) is 0 Å². The topological polar surface area (TPSA) is 58.7 Å². The van der Waals surface area contributed by atoms with Gasteiger partial charge in [0.25, 0.3) is 0 Å². The molecule has 0 spiro atoms. The van der Waals surface area contributed by atoms with Crippen LogP contribution in [0.4, 0.5) is 0 Å². The number of aliphatic hydroxyl groups excluding tert-OH is 1. The summed E-state index contributed by atoms with van der Waals surface area (Å²) in [6, 6.07) is 9.81. The Morgan fingerprint density at radius 3 is 2.88 bits per heavy atom. The summed E-state index contributed by atoms with van der Waals surface area (Å²) in [5, 5.41) is 10.3. The third kappa shape index (κ3) is 4.18. The van der Waals surface area contributed by atoms with Gasteiger partial charge in [-0.25, -0.2) is 0 Å². The number of fused-ring (bicyclic) bond motifs is 1. The Hall–Kier alpha value is -2.37. The van der Waals surface area contributed by atoms with E-state index in [1.165, 1.54) is 5.56 Å². The second-order valence-electron chi connectivity index (χ2n) is 6.24. The predicted octanol–water partition coefficient (Wildman–Crippen LogP) is 3.53. The minimum atomic E-state index is -0.0981. The molecular weight excluding hydrogens is 316 g/mol. The largest absolute Gasteiger partial charge is 0.493 e. The van der Waals surface area contributed by atoms with Gasteiger partial charge in [-0.2, -0.15) is 0 Å². The standard InChI is InChI=1S/C20H24N2O3/c1-15-19(14-23)25-18-8-3-7-17(20(15)18)24-11-5-10-22(2)13-16-6-4-9-21-12-16/h3-4,6-9,12,23H,5,10-11,13-14H2,1-2H3. The number of aromatic nitrogens is 1. The third-order valence-electron chi connectivity index (χ3n) is 4.28. The molecule has 0 fully saturated rings. The molecule has 25 heavy (non-hydrogen) atoms. The number of nitrogens with zero attached hydrogens (tertiary/aromatic N) is 2. The molecule has 0 aliphatic heterocycles. The van der Waals surface area contributed by atoms with E-state index >= 15 is 0 Å². The fourth-order valence-corrected chi connectivity index (χ4v) is 2.98. The summed E-state index contributed by atoms with van der Waals surface area (Å²) >= 11 is 0. The second kappa shape index (κ2) is 8.14. The highest BCUT2D eigenvalue weighted by molar-refractivity contribution is 5.88. The molecule has 0 aliphatic rings. The Morgan fingerprint density at radius 2 is 2.12 bits per heavy atom. The highest BCUT2D eigenvalue weighted by Gasteiger charge is 2.14. The molecular formula is C20H24N2O3. The van der Waals surface area contributed by atoms with Crippen molar-refractivity contribution in [3.05, 3.63) is 59.6 Å². The summed E-state index contributed by atoms with van der Waals surface area (Å²) in [5.41, 5.74) is 2.91. The van der Waals surface area contributed by atoms with Crippen LogP contribution in [0.25, 0.3) is 11.0 Å². The SMILES string of the molecule is Cc1c(CO)oc2cccc(OCCCN(C)Cc3cccnc3)c12. The van der Waals surface area contributed by atoms with Crippen LogP contribution in [-0.2, 0) is 13.2 Å². The van der Waals surface area contributed by atoms with E-state index in [1.54, 1.807) is 6.20 Å². The molecule has 0 unspecified atom stereocenters. The molecule has 5 nitrogen and oxygen atoms in total. The van der Waals surface area contributed by atoms with Crippen molar-refractivity contribution in [1.29, 1.82) is 0 Å². The van der Waals surface area contributed by atoms with Crippen molar-refractivity contribution in [2.45, 2.75) is 26.5 Å². The maximum atomic E-state index is 9.36. The average molecular weight is 340 g/mol. The van der Waals surface area contributed by atoms with E-state index in [-0.39, 0.29) is 6.61 Å². The number of pyridine rings is 1. The zero-order chi connectivity index (χ0) is 17.6. The smallest absolute Gasteiger partial charge is 0.138 e. The Kier molecular flexibility index (Phi) is 5.68. The van der Waals surface area contributed by atoms with Crippen LogP contribution in [0.2, 0.25) is 0 Å². The number of furan rings is 1. The van der Waals surface area contributed by atoms with Crippen molar-refractivity contribution in [2.75, 3.05) is 20.2 Å². The highest BCUT2D eigenvalue weighted by atomic mass is 16.5. The van der Waals surface area contributed by atoms with Crippen LogP contribution >= 0.6 is 0 Å². The van der Waals surface area contributed by atoms with Crippen molar-refractivity contribution in [2.24, 2.45) is 0 Å². The van der Waals surface area contributed by atoms with Crippen molar-refractivity contribution in [1.82, 2.24) is 9.88 Å². The highest BCUT2D eigenvalue weighted by Crippen LogP contribution is 2.33. The molecule has 0 aliphatic carbocycles. The Morgan fingerprint density at radius 1 is 1.24 bits per heavy atom. The number of hydrogen-bond acceptors (Lipinski definition) is 5. The van der Waals surface area contributed by atoms with E-state index in [0.29, 0.717) is 12.4 Å². The summed E-state index contributed by atoms with van der Waals surface area (Å²) in [6.07, 6.45) is 4.61. The summed E-state index contributed by atoms with van der Waals surface area (Å²) in [7, 11) is 2.10. The van der Waals surface area contributed by atoms with Crippen LogP contribution in [0.3, 0.4) is 0 Å². The van der Waals surface area contributed by atoms with Gasteiger partial charge in [-0.05, 0) is 44.2 Å². The van der Waals surface area contributed by atoms with Crippen LogP contribution in [0.15, 0.2) is 47.1 Å². The molecule has 0 saturated heterocycles. The molecule has 0 amide bonds. The Balaban J connectivity index is 1.54. The van der Waals surface area contributed by atoms with Gasteiger partial charge in [-0.1, -0.05) is 12.1 Å². The second-order valence-corrected chi connectivity index (χ2v) is 6.24. The summed E-state index contributed by atoms with van der Waals surface area (Å²) < 4.78 is 11.6. The van der Waals surface area contributed by atoms with Gasteiger partial charge in [-0.15, -0.1) is 0 Å². The minimum Gasteiger partial charge on any atom is -0.493 e. The van der Waals surface area contributed by atoms with E-state index in [0.717, 1.165) is 41.8 Å². The van der Waals surface area contributed by atoms with Crippen molar-refractivity contribution in [3.63, 3.8) is 0 Å². The summed E-state index contributed by atoms with van der Waals surface area (Å²) in [5.74, 6) is 1.41. The molecule has 0 saturated carbocycles. The fourth-order valence-electron chi connectivity index (χ4n) is 2.98. The number of ether oxygens (including phenoxy) is 1. The van der Waals surface area contributed by atoms with E-state index in [4.69, 9.17) is 9.15 Å². The first kappa shape index (κ1) is 17.5. The first-order valence-electron chi connectivity index (χ1n) is 8.51. The normalized spacial score (nSPS) is 11.4. The monoisotopic (exact) mass is 340 g/mol. The van der Waals surface area contributed by atoms with Crippen molar-refractivity contribution >= 4 is 11.0 Å². The fraction of sp³-hybridized carbons (Fsp3) is 0.350. The van der Waals surface area contributed by atoms with Crippen LogP contribution in [0.1, 0.15) is 23.3 Å². The zero-order valence-electron chi connectivity index (χ0n) is 14.7. The maximum Gasteiger partial charge on any atom is 0.138 e. The lowest BCUT2D eigenvalue weighted by Crippen LogP contribution is -2.20. The van der Waals surface area contributed by atoms with Crippen LogP contribution < -0.4 is 4.74 Å². The molecule has 2 heterocycles. The molecule has 1 N–H and O–H groups in total. The van der Waals surface area contributed by atoms with Crippen LogP contribution in [0.5, 0.6) is 5.75 Å². The molecule has 5 heteroatoms. The van der Waals surface area contributed by atoms with Crippen molar-refractivity contribution < 1.29 is 14.3 Å². The maximum absolute atomic E-state index is 9.36. The van der Waals surface area contributed by atoms with Gasteiger partial charge in [0.2, 0.25) is 0 Å². The Bertz CT molecular complexity index is 814. The number of hydrogen-bond donors (Lipinski definition) is 1. The third-order valence-corrected chi connectivity index (χ3v) is 4.28. The lowest BCUT2D eigenvalue weighted by atomic mass is 10.1. The summed E-state index contributed by atoms with van der Waals surface area (Å²) in [6.45, 7) is 4.31. The van der Waals surface area contributed by atoms with Gasteiger partial charge in [0, 0.05) is 31.0 Å². The van der Waals surface area contributed by atoms with E-state index in [2.05, 4.69) is 23.0 Å². The molecule has 0 bridgehead atoms. The lowest BCUT2D eigenvalue weighted by molar-refractivity contribution is 0.250. The molecule has 3 rings (SSSR count). The number of aryl methyl sites for hydroxylation is 1. The van der Waals surface area contributed by atoms with Gasteiger partial charge in [0.05, 0.1) is 12.0 Å². The van der Waals surface area contributed by atoms with Gasteiger partial charge in [-0.3, -0.25) is 4.98 Å². The predicted molar refractivity (Wildman–Crippen MR) is 97.6 cm³/mol. The number of rotatable bonds is 8. The van der Waals surface area contributed by atoms with E-state index in [9.17, 15) is 5.11 Å². The van der Waals surface area contributed by atoms with Gasteiger partial charge >= 0.3 is 0 Å². The van der Waals surface area contributed by atoms with Crippen LogP contribution in [0, 0.1) is 6.92 Å². The van der Waals surface area contributed by atoms with Gasteiger partial charge in [0.1, 0.15) is 23.7 Å². The zero-order valence-corrected chi connectivity index (χ0v) is 14.7. The molecule has 2 aromatic heterocycles. The quantitative estimate of drug-likeness (QED) is 0.636. The van der Waals surface area contributed by atoms with Gasteiger partial charge < -0.3 is 19.2 Å². The Labute approximate surface area is 147 Å². The number of aliphatic hydroxyl groups is 1. The van der Waals surface area contributed by atoms with Crippen LogP contribution in [-0.4, -0.2) is 35.2 Å². The van der Waals surface area contributed by atoms with Crippen molar-refractivity contribution in [3.8, 4) is 5.75 Å². The molecule has 0 radical (unpaired) electrons. The molecule has 0 atom stereocenters. The molecule has 3 aromatic rings. The lowest BCUT2D eigenvalue weighted by Gasteiger charge is -2.16. The van der Waals surface area contributed by atoms with E-state index in [1.807, 2.05) is 37.4 Å². The average Bonchev–Trinajstić information content (AvgIpc) is 2.96. The first-order valence-corrected chi connectivity index (χ1v) is 8.51.